The summed E-state index contributed by atoms with van der Waals surface area (Å²) in [7, 11) is 0. The molecule has 0 fully saturated rings. The number of amides is 2. The van der Waals surface area contributed by atoms with Gasteiger partial charge in [-0.05, 0) is 24.6 Å². The number of carbonyl (C=O) groups excluding carboxylic acids is 1. The molecule has 0 radical (unpaired) electrons. The molecule has 1 heterocycles. The zero-order valence-corrected chi connectivity index (χ0v) is 10.3. The van der Waals surface area contributed by atoms with Crippen LogP contribution in [-0.4, -0.2) is 6.03 Å². The molecule has 0 saturated carbocycles. The highest BCUT2D eigenvalue weighted by Crippen LogP contribution is 2.03. The second kappa shape index (κ2) is 5.91. The first-order chi connectivity index (χ1) is 8.74. The molecule has 0 unspecified atom stereocenters. The minimum Gasteiger partial charge on any atom is -0.467 e. The summed E-state index contributed by atoms with van der Waals surface area (Å²) in [5.41, 5.74) is 2.27. The molecule has 0 bridgehead atoms. The molecule has 0 aliphatic heterocycles. The number of urea groups is 1. The molecule has 4 heteroatoms. The summed E-state index contributed by atoms with van der Waals surface area (Å²) in [5, 5.41) is 5.52. The van der Waals surface area contributed by atoms with Gasteiger partial charge in [0.25, 0.3) is 0 Å². The smallest absolute Gasteiger partial charge is 0.315 e. The molecule has 2 amide bonds. The van der Waals surface area contributed by atoms with Gasteiger partial charge in [0.05, 0.1) is 12.8 Å². The van der Waals surface area contributed by atoms with Crippen molar-refractivity contribution < 1.29 is 9.21 Å². The van der Waals surface area contributed by atoms with E-state index < -0.39 is 0 Å². The third-order valence-electron chi connectivity index (χ3n) is 2.54. The fourth-order valence-electron chi connectivity index (χ4n) is 1.65. The van der Waals surface area contributed by atoms with E-state index in [1.54, 1.807) is 12.3 Å². The SMILES string of the molecule is Cc1cccc(CNC(=O)NCc2ccco2)c1. The molecule has 2 N–H and O–H groups in total. The Morgan fingerprint density at radius 1 is 1.17 bits per heavy atom. The van der Waals surface area contributed by atoms with E-state index in [0.717, 1.165) is 11.3 Å². The Bertz CT molecular complexity index is 506. The maximum Gasteiger partial charge on any atom is 0.315 e. The van der Waals surface area contributed by atoms with Crippen LogP contribution in [0.1, 0.15) is 16.9 Å². The number of aryl methyl sites for hydroxylation is 1. The average Bonchev–Trinajstić information content (AvgIpc) is 2.87. The van der Waals surface area contributed by atoms with E-state index in [1.807, 2.05) is 37.3 Å². The van der Waals surface area contributed by atoms with E-state index in [0.29, 0.717) is 13.1 Å². The van der Waals surface area contributed by atoms with Crippen LogP contribution in [0.4, 0.5) is 4.79 Å². The monoisotopic (exact) mass is 244 g/mol. The molecular weight excluding hydrogens is 228 g/mol. The molecule has 0 atom stereocenters. The van der Waals surface area contributed by atoms with Gasteiger partial charge in [0.1, 0.15) is 5.76 Å². The Balaban J connectivity index is 1.75. The zero-order valence-electron chi connectivity index (χ0n) is 10.3. The molecule has 0 spiro atoms. The minimum absolute atomic E-state index is 0.201. The van der Waals surface area contributed by atoms with E-state index >= 15 is 0 Å². The summed E-state index contributed by atoms with van der Waals surface area (Å²) < 4.78 is 5.12. The van der Waals surface area contributed by atoms with Crippen molar-refractivity contribution in [2.45, 2.75) is 20.0 Å². The van der Waals surface area contributed by atoms with Gasteiger partial charge in [-0.25, -0.2) is 4.79 Å². The summed E-state index contributed by atoms with van der Waals surface area (Å²) in [5.74, 6) is 0.737. The number of hydrogen-bond acceptors (Lipinski definition) is 2. The first-order valence-electron chi connectivity index (χ1n) is 5.83. The molecule has 2 rings (SSSR count). The van der Waals surface area contributed by atoms with Gasteiger partial charge >= 0.3 is 6.03 Å². The van der Waals surface area contributed by atoms with Crippen LogP contribution in [0.2, 0.25) is 0 Å². The number of carbonyl (C=O) groups is 1. The lowest BCUT2D eigenvalue weighted by Gasteiger charge is -2.07. The standard InChI is InChI=1S/C14H16N2O2/c1-11-4-2-5-12(8-11)9-15-14(17)16-10-13-6-3-7-18-13/h2-8H,9-10H2,1H3,(H2,15,16,17). The summed E-state index contributed by atoms with van der Waals surface area (Å²) in [6.45, 7) is 2.94. The predicted octanol–water partition coefficient (Wildman–Crippen LogP) is 2.59. The van der Waals surface area contributed by atoms with Gasteiger partial charge in [-0.3, -0.25) is 0 Å². The molecule has 2 aromatic rings. The largest absolute Gasteiger partial charge is 0.467 e. The first kappa shape index (κ1) is 12.2. The van der Waals surface area contributed by atoms with Crippen LogP contribution in [-0.2, 0) is 13.1 Å². The van der Waals surface area contributed by atoms with Gasteiger partial charge < -0.3 is 15.1 Å². The highest BCUT2D eigenvalue weighted by Gasteiger charge is 2.01. The van der Waals surface area contributed by atoms with Gasteiger partial charge in [0.2, 0.25) is 0 Å². The van der Waals surface area contributed by atoms with Gasteiger partial charge in [-0.1, -0.05) is 29.8 Å². The molecule has 0 saturated heterocycles. The van der Waals surface area contributed by atoms with Gasteiger partial charge in [0.15, 0.2) is 0 Å². The van der Waals surface area contributed by atoms with Crippen molar-refractivity contribution in [3.63, 3.8) is 0 Å². The number of furan rings is 1. The van der Waals surface area contributed by atoms with Gasteiger partial charge in [-0.2, -0.15) is 0 Å². The molecular formula is C14H16N2O2. The first-order valence-corrected chi connectivity index (χ1v) is 5.83. The Morgan fingerprint density at radius 2 is 2.00 bits per heavy atom. The van der Waals surface area contributed by atoms with E-state index in [-0.39, 0.29) is 6.03 Å². The quantitative estimate of drug-likeness (QED) is 0.868. The maximum absolute atomic E-state index is 11.5. The van der Waals surface area contributed by atoms with Crippen molar-refractivity contribution in [3.05, 3.63) is 59.5 Å². The van der Waals surface area contributed by atoms with Crippen molar-refractivity contribution in [3.8, 4) is 0 Å². The van der Waals surface area contributed by atoms with E-state index in [4.69, 9.17) is 4.42 Å². The highest BCUT2D eigenvalue weighted by molar-refractivity contribution is 5.73. The Labute approximate surface area is 106 Å². The topological polar surface area (TPSA) is 54.3 Å². The zero-order chi connectivity index (χ0) is 12.8. The molecule has 1 aromatic carbocycles. The summed E-state index contributed by atoms with van der Waals surface area (Å²) in [6, 6.07) is 11.5. The van der Waals surface area contributed by atoms with E-state index in [9.17, 15) is 4.79 Å². The Hall–Kier alpha value is -2.23. The van der Waals surface area contributed by atoms with Crippen LogP contribution in [0, 0.1) is 6.92 Å². The molecule has 0 aliphatic rings. The molecule has 4 nitrogen and oxygen atoms in total. The van der Waals surface area contributed by atoms with Crippen molar-refractivity contribution in [1.82, 2.24) is 10.6 Å². The fraction of sp³-hybridized carbons (Fsp3) is 0.214. The van der Waals surface area contributed by atoms with Crippen molar-refractivity contribution in [2.24, 2.45) is 0 Å². The number of hydrogen-bond donors (Lipinski definition) is 2. The van der Waals surface area contributed by atoms with Gasteiger partial charge in [0, 0.05) is 6.54 Å². The highest BCUT2D eigenvalue weighted by atomic mass is 16.3. The van der Waals surface area contributed by atoms with E-state index in [2.05, 4.69) is 10.6 Å². The fourth-order valence-corrected chi connectivity index (χ4v) is 1.65. The van der Waals surface area contributed by atoms with Crippen molar-refractivity contribution in [1.29, 1.82) is 0 Å². The third kappa shape index (κ3) is 3.66. The lowest BCUT2D eigenvalue weighted by Crippen LogP contribution is -2.34. The van der Waals surface area contributed by atoms with Crippen molar-refractivity contribution >= 4 is 6.03 Å². The van der Waals surface area contributed by atoms with Crippen LogP contribution in [0.5, 0.6) is 0 Å². The lowest BCUT2D eigenvalue weighted by atomic mass is 10.1. The number of nitrogens with one attached hydrogen (secondary N) is 2. The van der Waals surface area contributed by atoms with Crippen LogP contribution in [0.3, 0.4) is 0 Å². The summed E-state index contributed by atoms with van der Waals surface area (Å²) in [6.07, 6.45) is 1.58. The summed E-state index contributed by atoms with van der Waals surface area (Å²) >= 11 is 0. The van der Waals surface area contributed by atoms with Gasteiger partial charge in [-0.15, -0.1) is 0 Å². The van der Waals surface area contributed by atoms with E-state index in [1.165, 1.54) is 5.56 Å². The van der Waals surface area contributed by atoms with Crippen molar-refractivity contribution in [2.75, 3.05) is 0 Å². The molecule has 1 aromatic heterocycles. The van der Waals surface area contributed by atoms with Crippen LogP contribution in [0.25, 0.3) is 0 Å². The molecule has 18 heavy (non-hydrogen) atoms. The molecule has 94 valence electrons. The van der Waals surface area contributed by atoms with Crippen LogP contribution < -0.4 is 10.6 Å². The normalized spacial score (nSPS) is 10.1. The van der Waals surface area contributed by atoms with Crippen LogP contribution in [0.15, 0.2) is 47.1 Å². The molecule has 0 aliphatic carbocycles. The minimum atomic E-state index is -0.201. The average molecular weight is 244 g/mol. The number of rotatable bonds is 4. The lowest BCUT2D eigenvalue weighted by molar-refractivity contribution is 0.239. The third-order valence-corrected chi connectivity index (χ3v) is 2.54. The Kier molecular flexibility index (Phi) is 4.02. The maximum atomic E-state index is 11.5. The second-order valence-electron chi connectivity index (χ2n) is 4.10. The second-order valence-corrected chi connectivity index (χ2v) is 4.10. The summed E-state index contributed by atoms with van der Waals surface area (Å²) in [4.78, 5) is 11.5. The Morgan fingerprint density at radius 3 is 2.72 bits per heavy atom. The van der Waals surface area contributed by atoms with Crippen LogP contribution >= 0.6 is 0 Å². The predicted molar refractivity (Wildman–Crippen MR) is 69.0 cm³/mol. The number of benzene rings is 1.